The molecular formula is C31H30ClFN6O4S. The molecule has 1 saturated carbocycles. The average molecular weight is 637 g/mol. The Labute approximate surface area is 258 Å². The number of rotatable bonds is 6. The summed E-state index contributed by atoms with van der Waals surface area (Å²) in [7, 11) is -3.92. The van der Waals surface area contributed by atoms with Gasteiger partial charge in [0.1, 0.15) is 17.3 Å². The van der Waals surface area contributed by atoms with Crippen molar-refractivity contribution in [2.45, 2.75) is 43.2 Å². The van der Waals surface area contributed by atoms with Crippen molar-refractivity contribution in [3.8, 4) is 16.9 Å². The van der Waals surface area contributed by atoms with Crippen LogP contribution in [0.25, 0.3) is 28.0 Å². The van der Waals surface area contributed by atoms with Crippen molar-refractivity contribution in [3.63, 3.8) is 0 Å². The summed E-state index contributed by atoms with van der Waals surface area (Å²) in [4.78, 5) is 43.2. The first-order valence-corrected chi connectivity index (χ1v) is 16.5. The molecule has 0 unspecified atom stereocenters. The molecule has 0 spiro atoms. The Hall–Kier alpha value is -4.16. The van der Waals surface area contributed by atoms with Crippen LogP contribution in [-0.4, -0.2) is 70.7 Å². The third kappa shape index (κ3) is 5.15. The summed E-state index contributed by atoms with van der Waals surface area (Å²) in [5.74, 6) is -0.711. The minimum absolute atomic E-state index is 0.00844. The van der Waals surface area contributed by atoms with Crippen LogP contribution in [0.15, 0.2) is 65.1 Å². The Morgan fingerprint density at radius 2 is 1.91 bits per heavy atom. The quantitative estimate of drug-likeness (QED) is 0.283. The molecule has 0 radical (unpaired) electrons. The molecule has 2 fully saturated rings. The van der Waals surface area contributed by atoms with Crippen LogP contribution in [-0.2, 0) is 14.6 Å². The number of carbonyl (C=O) groups is 1. The van der Waals surface area contributed by atoms with Crippen molar-refractivity contribution >= 4 is 44.2 Å². The molecule has 1 atom stereocenters. The van der Waals surface area contributed by atoms with Crippen molar-refractivity contribution < 1.29 is 17.6 Å². The summed E-state index contributed by atoms with van der Waals surface area (Å²) < 4.78 is 43.3. The first-order chi connectivity index (χ1) is 21.0. The van der Waals surface area contributed by atoms with Gasteiger partial charge in [-0.15, -0.1) is 0 Å². The SMILES string of the molecule is C=CC(=O)N1CCN(c2nc(=O)n(-c3c(C4CCC4)ccnc3S(C)(=O)=O)c3nc(-c4ccccc4Cl)c(F)cc23)[C@@H](C)C1. The van der Waals surface area contributed by atoms with Gasteiger partial charge < -0.3 is 9.80 Å². The van der Waals surface area contributed by atoms with E-state index >= 15 is 4.39 Å². The monoisotopic (exact) mass is 636 g/mol. The Bertz CT molecular complexity index is 2000. The van der Waals surface area contributed by atoms with Gasteiger partial charge in [-0.1, -0.05) is 42.8 Å². The van der Waals surface area contributed by atoms with Crippen molar-refractivity contribution in [1.29, 1.82) is 0 Å². The van der Waals surface area contributed by atoms with Gasteiger partial charge >= 0.3 is 5.69 Å². The smallest absolute Gasteiger partial charge is 0.350 e. The lowest BCUT2D eigenvalue weighted by molar-refractivity contribution is -0.126. The van der Waals surface area contributed by atoms with Crippen molar-refractivity contribution in [2.75, 3.05) is 30.8 Å². The summed E-state index contributed by atoms with van der Waals surface area (Å²) in [6, 6.07) is 9.31. The number of anilines is 1. The van der Waals surface area contributed by atoms with Crippen molar-refractivity contribution in [2.24, 2.45) is 0 Å². The Kier molecular flexibility index (Phi) is 7.75. The molecule has 228 valence electrons. The minimum atomic E-state index is -3.92. The van der Waals surface area contributed by atoms with Crippen molar-refractivity contribution in [1.82, 2.24) is 24.4 Å². The molecule has 1 aromatic carbocycles. The molecule has 13 heteroatoms. The van der Waals surface area contributed by atoms with Crippen LogP contribution < -0.4 is 10.6 Å². The number of sulfone groups is 1. The number of piperazine rings is 1. The summed E-state index contributed by atoms with van der Waals surface area (Å²) >= 11 is 6.45. The second-order valence-corrected chi connectivity index (χ2v) is 13.5. The van der Waals surface area contributed by atoms with E-state index in [1.165, 1.54) is 18.3 Å². The molecule has 10 nitrogen and oxygen atoms in total. The van der Waals surface area contributed by atoms with Crippen LogP contribution in [0.3, 0.4) is 0 Å². The van der Waals surface area contributed by atoms with Gasteiger partial charge in [0.15, 0.2) is 20.5 Å². The van der Waals surface area contributed by atoms with Gasteiger partial charge in [0.25, 0.3) is 0 Å². The number of nitrogens with zero attached hydrogens (tertiary/aromatic N) is 6. The average Bonchev–Trinajstić information content (AvgIpc) is 2.95. The molecule has 44 heavy (non-hydrogen) atoms. The number of pyridine rings is 2. The van der Waals surface area contributed by atoms with Crippen molar-refractivity contribution in [3.05, 3.63) is 82.1 Å². The lowest BCUT2D eigenvalue weighted by atomic mass is 9.79. The highest BCUT2D eigenvalue weighted by Gasteiger charge is 2.33. The van der Waals surface area contributed by atoms with E-state index in [4.69, 9.17) is 11.6 Å². The Morgan fingerprint density at radius 1 is 1.16 bits per heavy atom. The fraction of sp³-hybridized carbons (Fsp3) is 0.323. The molecule has 2 aliphatic rings. The molecule has 1 saturated heterocycles. The highest BCUT2D eigenvalue weighted by atomic mass is 35.5. The van der Waals surface area contributed by atoms with Gasteiger partial charge in [-0.25, -0.2) is 32.1 Å². The second kappa shape index (κ2) is 11.4. The van der Waals surface area contributed by atoms with Crippen LogP contribution in [0.2, 0.25) is 5.02 Å². The first kappa shape index (κ1) is 29.9. The van der Waals surface area contributed by atoms with Gasteiger partial charge in [0.2, 0.25) is 5.91 Å². The summed E-state index contributed by atoms with van der Waals surface area (Å²) in [5.41, 5.74) is 0.161. The summed E-state index contributed by atoms with van der Waals surface area (Å²) in [6.07, 6.45) is 6.31. The highest BCUT2D eigenvalue weighted by Crippen LogP contribution is 2.41. The molecule has 4 aromatic rings. The molecule has 1 aliphatic heterocycles. The number of halogens is 2. The number of amides is 1. The van der Waals surface area contributed by atoms with Crippen LogP contribution in [0.1, 0.15) is 37.7 Å². The molecule has 0 N–H and O–H groups in total. The number of hydrogen-bond donors (Lipinski definition) is 0. The van der Waals surface area contributed by atoms with Gasteiger partial charge in [0.05, 0.1) is 16.1 Å². The van der Waals surface area contributed by atoms with E-state index in [0.717, 1.165) is 30.1 Å². The fourth-order valence-electron chi connectivity index (χ4n) is 5.96. The van der Waals surface area contributed by atoms with E-state index in [-0.39, 0.29) is 56.1 Å². The fourth-order valence-corrected chi connectivity index (χ4v) is 7.00. The third-order valence-corrected chi connectivity index (χ3v) is 9.69. The maximum atomic E-state index is 16.0. The van der Waals surface area contributed by atoms with Gasteiger partial charge in [-0.2, -0.15) is 4.98 Å². The zero-order valence-electron chi connectivity index (χ0n) is 24.2. The number of carbonyl (C=O) groups excluding carboxylic acids is 1. The standard InChI is InChI=1S/C31H30ClFN6O4S/c1-4-25(40)37-14-15-38(18(2)17-37)28-22-16-24(33)26(21-10-5-6-11-23(21)32)35-29(22)39(31(41)36-28)27-20(19-8-7-9-19)12-13-34-30(27)44(3,42)43/h4-6,10-13,16,18-19H,1,7-9,14-15,17H2,2-3H3/t18-/m0/s1. The Balaban J connectivity index is 1.67. The summed E-state index contributed by atoms with van der Waals surface area (Å²) in [5, 5.41) is 0.178. The Morgan fingerprint density at radius 3 is 2.55 bits per heavy atom. The lowest BCUT2D eigenvalue weighted by Gasteiger charge is -2.40. The number of hydrogen-bond acceptors (Lipinski definition) is 8. The number of benzene rings is 1. The molecular weight excluding hydrogens is 607 g/mol. The van der Waals surface area contributed by atoms with Crippen LogP contribution >= 0.6 is 11.6 Å². The minimum Gasteiger partial charge on any atom is -0.350 e. The van der Waals surface area contributed by atoms with Crippen LogP contribution in [0, 0.1) is 5.82 Å². The van der Waals surface area contributed by atoms with E-state index in [0.29, 0.717) is 30.8 Å². The predicted octanol–water partition coefficient (Wildman–Crippen LogP) is 4.53. The predicted molar refractivity (Wildman–Crippen MR) is 167 cm³/mol. The van der Waals surface area contributed by atoms with E-state index in [1.807, 2.05) is 11.8 Å². The van der Waals surface area contributed by atoms with Crippen LogP contribution in [0.5, 0.6) is 0 Å². The zero-order valence-corrected chi connectivity index (χ0v) is 25.8. The molecule has 4 heterocycles. The third-order valence-electron chi connectivity index (χ3n) is 8.36. The molecule has 0 bridgehead atoms. The zero-order chi connectivity index (χ0) is 31.3. The molecule has 3 aromatic heterocycles. The molecule has 1 amide bonds. The first-order valence-electron chi connectivity index (χ1n) is 14.2. The molecule has 1 aliphatic carbocycles. The largest absolute Gasteiger partial charge is 0.355 e. The number of fused-ring (bicyclic) bond motifs is 1. The second-order valence-electron chi connectivity index (χ2n) is 11.2. The van der Waals surface area contributed by atoms with Gasteiger partial charge in [0, 0.05) is 43.7 Å². The van der Waals surface area contributed by atoms with E-state index in [9.17, 15) is 18.0 Å². The van der Waals surface area contributed by atoms with E-state index < -0.39 is 21.3 Å². The van der Waals surface area contributed by atoms with E-state index in [1.54, 1.807) is 35.2 Å². The highest BCUT2D eigenvalue weighted by molar-refractivity contribution is 7.90. The maximum absolute atomic E-state index is 16.0. The molecule has 6 rings (SSSR count). The van der Waals surface area contributed by atoms with Gasteiger partial charge in [-0.3, -0.25) is 4.79 Å². The van der Waals surface area contributed by atoms with E-state index in [2.05, 4.69) is 21.5 Å². The van der Waals surface area contributed by atoms with Crippen LogP contribution in [0.4, 0.5) is 10.2 Å². The lowest BCUT2D eigenvalue weighted by Crippen LogP contribution is -2.54. The topological polar surface area (TPSA) is 118 Å². The van der Waals surface area contributed by atoms with Gasteiger partial charge in [-0.05, 0) is 55.5 Å². The maximum Gasteiger partial charge on any atom is 0.355 e. The normalized spacial score (nSPS) is 17.5. The number of aromatic nitrogens is 4. The summed E-state index contributed by atoms with van der Waals surface area (Å²) in [6.45, 7) is 6.42.